The van der Waals surface area contributed by atoms with Crippen molar-refractivity contribution in [3.63, 3.8) is 0 Å². The van der Waals surface area contributed by atoms with Gasteiger partial charge in [-0.2, -0.15) is 0 Å². The van der Waals surface area contributed by atoms with Gasteiger partial charge < -0.3 is 23.5 Å². The Labute approximate surface area is 232 Å². The van der Waals surface area contributed by atoms with Crippen LogP contribution >= 0.6 is 0 Å². The van der Waals surface area contributed by atoms with Crippen LogP contribution in [0.5, 0.6) is 0 Å². The molecule has 202 valence electrons. The van der Waals surface area contributed by atoms with E-state index in [0.717, 1.165) is 34.4 Å². The van der Waals surface area contributed by atoms with Gasteiger partial charge in [-0.3, -0.25) is 0 Å². The fourth-order valence-electron chi connectivity index (χ4n) is 5.67. The Hall–Kier alpha value is -4.46. The number of carboxylic acid groups (broad SMARTS) is 1. The van der Waals surface area contributed by atoms with E-state index in [0.29, 0.717) is 42.9 Å². The first kappa shape index (κ1) is 25.8. The van der Waals surface area contributed by atoms with Crippen LogP contribution in [0.25, 0.3) is 38.6 Å². The molecule has 3 aromatic heterocycles. The number of fused-ring (bicyclic) bond motifs is 3. The number of rotatable bonds is 10. The van der Waals surface area contributed by atoms with Crippen molar-refractivity contribution >= 4 is 33.3 Å². The third-order valence-electron chi connectivity index (χ3n) is 7.49. The molecular formula is C33H31N3O4. The van der Waals surface area contributed by atoms with E-state index in [-0.39, 0.29) is 5.56 Å². The maximum Gasteiger partial charge on any atom is 0.337 e. The smallest absolute Gasteiger partial charge is 0.337 e. The summed E-state index contributed by atoms with van der Waals surface area (Å²) >= 11 is 0. The summed E-state index contributed by atoms with van der Waals surface area (Å²) in [5.41, 5.74) is 6.82. The molecule has 7 heteroatoms. The molecule has 6 aromatic rings. The van der Waals surface area contributed by atoms with Crippen LogP contribution in [-0.2, 0) is 22.4 Å². The zero-order valence-electron chi connectivity index (χ0n) is 22.6. The average Bonchev–Trinajstić information content (AvgIpc) is 3.51. The molecule has 0 saturated heterocycles. The van der Waals surface area contributed by atoms with E-state index in [9.17, 15) is 9.90 Å². The third kappa shape index (κ3) is 4.63. The summed E-state index contributed by atoms with van der Waals surface area (Å²) in [5.74, 6) is -0.962. The molecule has 0 bridgehead atoms. The molecule has 0 aliphatic heterocycles. The average molecular weight is 534 g/mol. The highest BCUT2D eigenvalue weighted by Gasteiger charge is 2.23. The van der Waals surface area contributed by atoms with E-state index < -0.39 is 5.97 Å². The maximum atomic E-state index is 12.6. The summed E-state index contributed by atoms with van der Waals surface area (Å²) < 4.78 is 15.2. The summed E-state index contributed by atoms with van der Waals surface area (Å²) in [4.78, 5) is 17.6. The molecule has 0 amide bonds. The minimum absolute atomic E-state index is 0.273. The van der Waals surface area contributed by atoms with Crippen molar-refractivity contribution in [2.75, 3.05) is 26.9 Å². The number of pyridine rings is 1. The number of benzene rings is 3. The summed E-state index contributed by atoms with van der Waals surface area (Å²) in [6, 6.07) is 23.7. The first-order valence-electron chi connectivity index (χ1n) is 13.4. The van der Waals surface area contributed by atoms with Crippen LogP contribution in [0.1, 0.15) is 27.2 Å². The van der Waals surface area contributed by atoms with Crippen molar-refractivity contribution in [3.05, 3.63) is 108 Å². The Bertz CT molecular complexity index is 1850. The fourth-order valence-corrected chi connectivity index (χ4v) is 5.67. The van der Waals surface area contributed by atoms with Gasteiger partial charge in [0.2, 0.25) is 0 Å². The van der Waals surface area contributed by atoms with Crippen molar-refractivity contribution < 1.29 is 19.4 Å². The SMILES string of the molecule is COCCOCCn1cc(Cc2c(-c3ccc4ccccc4c3C(=O)O)nc3ccccn23)c2c(C)cccc21. The van der Waals surface area contributed by atoms with Gasteiger partial charge in [-0.05, 0) is 47.0 Å². The quantitative estimate of drug-likeness (QED) is 0.207. The minimum atomic E-state index is -0.962. The molecule has 3 aromatic carbocycles. The Morgan fingerprint density at radius 2 is 1.80 bits per heavy atom. The van der Waals surface area contributed by atoms with Gasteiger partial charge in [0.1, 0.15) is 5.65 Å². The zero-order valence-corrected chi connectivity index (χ0v) is 22.6. The molecule has 6 rings (SSSR count). The molecule has 0 radical (unpaired) electrons. The number of carboxylic acids is 1. The standard InChI is InChI=1S/C33H31N3O4/c1-22-8-7-11-27-30(22)24(21-35(27)16-17-40-19-18-39-2)20-28-32(34-29-12-5-6-15-36(28)29)26-14-13-23-9-3-4-10-25(23)31(26)33(37)38/h3-15,21H,16-20H2,1-2H3,(H,37,38). The predicted molar refractivity (Wildman–Crippen MR) is 157 cm³/mol. The molecule has 0 spiro atoms. The van der Waals surface area contributed by atoms with E-state index in [1.165, 1.54) is 10.9 Å². The second-order valence-corrected chi connectivity index (χ2v) is 9.95. The first-order chi connectivity index (χ1) is 19.6. The van der Waals surface area contributed by atoms with Gasteiger partial charge in [0, 0.05) is 48.9 Å². The number of imidazole rings is 1. The number of ether oxygens (including phenoxy) is 2. The lowest BCUT2D eigenvalue weighted by Crippen LogP contribution is -2.08. The zero-order chi connectivity index (χ0) is 27.6. The number of aryl methyl sites for hydroxylation is 1. The van der Waals surface area contributed by atoms with Gasteiger partial charge in [0.05, 0.1) is 36.8 Å². The molecule has 40 heavy (non-hydrogen) atoms. The lowest BCUT2D eigenvalue weighted by Gasteiger charge is -2.11. The largest absolute Gasteiger partial charge is 0.478 e. The van der Waals surface area contributed by atoms with Crippen molar-refractivity contribution in [1.82, 2.24) is 14.0 Å². The first-order valence-corrected chi connectivity index (χ1v) is 13.4. The van der Waals surface area contributed by atoms with E-state index in [1.54, 1.807) is 7.11 Å². The van der Waals surface area contributed by atoms with E-state index >= 15 is 0 Å². The molecule has 0 fully saturated rings. The van der Waals surface area contributed by atoms with Crippen LogP contribution in [0.3, 0.4) is 0 Å². The summed E-state index contributed by atoms with van der Waals surface area (Å²) in [6.45, 7) is 4.57. The molecule has 0 unspecified atom stereocenters. The molecule has 3 heterocycles. The van der Waals surface area contributed by atoms with E-state index in [4.69, 9.17) is 14.5 Å². The number of methoxy groups -OCH3 is 1. The molecular weight excluding hydrogens is 502 g/mol. The Balaban J connectivity index is 1.49. The normalized spacial score (nSPS) is 11.7. The minimum Gasteiger partial charge on any atom is -0.478 e. The van der Waals surface area contributed by atoms with Crippen molar-refractivity contribution in [2.45, 2.75) is 19.9 Å². The lowest BCUT2D eigenvalue weighted by molar-refractivity contribution is 0.0670. The van der Waals surface area contributed by atoms with Gasteiger partial charge >= 0.3 is 5.97 Å². The molecule has 0 aliphatic rings. The van der Waals surface area contributed by atoms with Crippen LogP contribution in [-0.4, -0.2) is 52.0 Å². The van der Waals surface area contributed by atoms with Crippen LogP contribution in [0.15, 0.2) is 85.2 Å². The summed E-state index contributed by atoms with van der Waals surface area (Å²) in [6.07, 6.45) is 4.78. The van der Waals surface area contributed by atoms with Crippen molar-refractivity contribution in [1.29, 1.82) is 0 Å². The molecule has 0 atom stereocenters. The molecule has 7 nitrogen and oxygen atoms in total. The Morgan fingerprint density at radius 1 is 0.950 bits per heavy atom. The lowest BCUT2D eigenvalue weighted by atomic mass is 9.94. The number of carbonyl (C=O) groups is 1. The second-order valence-electron chi connectivity index (χ2n) is 9.95. The van der Waals surface area contributed by atoms with Gasteiger partial charge in [-0.1, -0.05) is 54.6 Å². The molecule has 1 N–H and O–H groups in total. The predicted octanol–water partition coefficient (Wildman–Crippen LogP) is 6.37. The van der Waals surface area contributed by atoms with Crippen LogP contribution < -0.4 is 0 Å². The van der Waals surface area contributed by atoms with E-state index in [2.05, 4.69) is 40.3 Å². The van der Waals surface area contributed by atoms with Crippen molar-refractivity contribution in [2.24, 2.45) is 0 Å². The van der Waals surface area contributed by atoms with Gasteiger partial charge in [-0.25, -0.2) is 9.78 Å². The Morgan fingerprint density at radius 3 is 2.65 bits per heavy atom. The van der Waals surface area contributed by atoms with Gasteiger partial charge in [0.15, 0.2) is 0 Å². The van der Waals surface area contributed by atoms with Crippen LogP contribution in [0, 0.1) is 6.92 Å². The topological polar surface area (TPSA) is 78.0 Å². The maximum absolute atomic E-state index is 12.6. The monoisotopic (exact) mass is 533 g/mol. The summed E-state index contributed by atoms with van der Waals surface area (Å²) in [5, 5.41) is 13.1. The van der Waals surface area contributed by atoms with Crippen LogP contribution in [0.2, 0.25) is 0 Å². The fraction of sp³-hybridized carbons (Fsp3) is 0.212. The molecule has 0 saturated carbocycles. The van der Waals surface area contributed by atoms with Gasteiger partial charge in [-0.15, -0.1) is 0 Å². The second kappa shape index (κ2) is 11.0. The van der Waals surface area contributed by atoms with Crippen LogP contribution in [0.4, 0.5) is 0 Å². The molecule has 0 aliphatic carbocycles. The number of aromatic carboxylic acids is 1. The van der Waals surface area contributed by atoms with Crippen molar-refractivity contribution in [3.8, 4) is 11.3 Å². The third-order valence-corrected chi connectivity index (χ3v) is 7.49. The summed E-state index contributed by atoms with van der Waals surface area (Å²) in [7, 11) is 1.67. The highest BCUT2D eigenvalue weighted by atomic mass is 16.5. The highest BCUT2D eigenvalue weighted by molar-refractivity contribution is 6.09. The Kier molecular flexibility index (Phi) is 7.07. The highest BCUT2D eigenvalue weighted by Crippen LogP contribution is 2.35. The van der Waals surface area contributed by atoms with Gasteiger partial charge in [0.25, 0.3) is 0 Å². The number of hydrogen-bond acceptors (Lipinski definition) is 4. The number of aromatic nitrogens is 3. The number of hydrogen-bond donors (Lipinski definition) is 1. The number of nitrogens with zero attached hydrogens (tertiary/aromatic N) is 3. The van der Waals surface area contributed by atoms with E-state index in [1.807, 2.05) is 60.8 Å².